The minimum atomic E-state index is 0.783. The number of furan rings is 2. The fraction of sp³-hybridized carbons (Fsp3) is 0. The Labute approximate surface area is 222 Å². The summed E-state index contributed by atoms with van der Waals surface area (Å²) in [4.78, 5) is 4.57. The smallest absolute Gasteiger partial charge is 0.159 e. The zero-order chi connectivity index (χ0) is 25.5. The van der Waals surface area contributed by atoms with E-state index in [0.717, 1.165) is 71.9 Å². The molecular weight excluding hydrogens is 480 g/mol. The topological polar surface area (TPSA) is 44.1 Å². The van der Waals surface area contributed by atoms with Gasteiger partial charge in [0.25, 0.3) is 0 Å². The maximum absolute atomic E-state index is 6.84. The quantitative estimate of drug-likeness (QED) is 0.237. The second-order valence-electron chi connectivity index (χ2n) is 9.94. The number of para-hydroxylation sites is 5. The van der Waals surface area contributed by atoms with Crippen LogP contribution in [-0.4, -0.2) is 9.55 Å². The highest BCUT2D eigenvalue weighted by Crippen LogP contribution is 2.43. The minimum Gasteiger partial charge on any atom is -0.454 e. The van der Waals surface area contributed by atoms with Crippen LogP contribution in [0.15, 0.2) is 130 Å². The third kappa shape index (κ3) is 2.75. The second-order valence-corrected chi connectivity index (χ2v) is 9.94. The van der Waals surface area contributed by atoms with E-state index >= 15 is 0 Å². The van der Waals surface area contributed by atoms with Gasteiger partial charge in [0.2, 0.25) is 0 Å². The van der Waals surface area contributed by atoms with Crippen molar-refractivity contribution < 1.29 is 8.83 Å². The number of rotatable bonds is 2. The fourth-order valence-corrected chi connectivity index (χ4v) is 6.21. The van der Waals surface area contributed by atoms with Crippen LogP contribution in [0, 0.1) is 0 Å². The summed E-state index contributed by atoms with van der Waals surface area (Å²) >= 11 is 0. The molecule has 0 aliphatic heterocycles. The Kier molecular flexibility index (Phi) is 4.02. The molecule has 0 aliphatic carbocycles. The van der Waals surface area contributed by atoms with Gasteiger partial charge in [0, 0.05) is 44.3 Å². The number of pyridine rings is 1. The molecule has 0 bridgehead atoms. The van der Waals surface area contributed by atoms with Crippen LogP contribution in [0.5, 0.6) is 0 Å². The summed E-state index contributed by atoms with van der Waals surface area (Å²) in [6, 6.07) is 40.0. The van der Waals surface area contributed by atoms with Crippen molar-refractivity contribution in [3.05, 3.63) is 121 Å². The molecule has 0 aliphatic rings. The van der Waals surface area contributed by atoms with E-state index in [1.54, 1.807) is 6.20 Å². The van der Waals surface area contributed by atoms with Gasteiger partial charge in [-0.15, -0.1) is 0 Å². The standard InChI is InChI=1S/C35H20N2O2/c1-3-16-28-21(9-1)22-10-2-4-17-29(22)37(28)30-18-7-14-26-25-12-5-11-23(33(25)39-35(26)30)24-13-6-15-27-32-31(38-34(24)27)19-8-20-36-32/h1-20H. The Bertz CT molecular complexity index is 2350. The summed E-state index contributed by atoms with van der Waals surface area (Å²) in [5, 5.41) is 5.63. The Morgan fingerprint density at radius 1 is 0.462 bits per heavy atom. The number of fused-ring (bicyclic) bond motifs is 9. The van der Waals surface area contributed by atoms with Crippen molar-refractivity contribution in [2.45, 2.75) is 0 Å². The maximum atomic E-state index is 6.84. The molecule has 5 aromatic carbocycles. The fourth-order valence-electron chi connectivity index (χ4n) is 6.21. The lowest BCUT2D eigenvalue weighted by atomic mass is 10.0. The van der Waals surface area contributed by atoms with Crippen molar-refractivity contribution in [1.29, 1.82) is 0 Å². The molecule has 4 nitrogen and oxygen atoms in total. The molecule has 0 saturated carbocycles. The molecule has 0 radical (unpaired) electrons. The molecule has 0 saturated heterocycles. The normalized spacial score (nSPS) is 12.1. The SMILES string of the molecule is c1cnc2c(c1)oc1c(-c3cccc4c3oc3c(-n5c6ccccc6c6ccccc65)cccc34)cccc12. The lowest BCUT2D eigenvalue weighted by Gasteiger charge is -2.08. The first kappa shape index (κ1) is 20.7. The van der Waals surface area contributed by atoms with Crippen LogP contribution in [0.3, 0.4) is 0 Å². The van der Waals surface area contributed by atoms with Crippen molar-refractivity contribution in [3.8, 4) is 16.8 Å². The highest BCUT2D eigenvalue weighted by molar-refractivity contribution is 6.16. The Morgan fingerprint density at radius 2 is 1.05 bits per heavy atom. The second kappa shape index (κ2) is 7.59. The van der Waals surface area contributed by atoms with Crippen LogP contribution >= 0.6 is 0 Å². The van der Waals surface area contributed by atoms with E-state index in [9.17, 15) is 0 Å². The number of nitrogens with zero attached hydrogens (tertiary/aromatic N) is 2. The first-order valence-corrected chi connectivity index (χ1v) is 13.1. The van der Waals surface area contributed by atoms with Gasteiger partial charge < -0.3 is 13.4 Å². The summed E-state index contributed by atoms with van der Waals surface area (Å²) in [5.41, 5.74) is 9.53. The van der Waals surface area contributed by atoms with Gasteiger partial charge in [0.15, 0.2) is 11.2 Å². The Hall–Kier alpha value is -5.35. The van der Waals surface area contributed by atoms with Gasteiger partial charge in [-0.05, 0) is 36.4 Å². The van der Waals surface area contributed by atoms with Crippen molar-refractivity contribution in [2.75, 3.05) is 0 Å². The van der Waals surface area contributed by atoms with E-state index in [1.807, 2.05) is 12.1 Å². The van der Waals surface area contributed by atoms with Crippen LogP contribution in [0.2, 0.25) is 0 Å². The minimum absolute atomic E-state index is 0.783. The zero-order valence-electron chi connectivity index (χ0n) is 20.8. The average Bonchev–Trinajstić information content (AvgIpc) is 3.67. The Morgan fingerprint density at radius 3 is 1.79 bits per heavy atom. The van der Waals surface area contributed by atoms with Gasteiger partial charge >= 0.3 is 0 Å². The molecule has 4 heterocycles. The zero-order valence-corrected chi connectivity index (χ0v) is 20.8. The molecule has 9 rings (SSSR count). The van der Waals surface area contributed by atoms with Crippen LogP contribution < -0.4 is 0 Å². The van der Waals surface area contributed by atoms with Crippen molar-refractivity contribution in [1.82, 2.24) is 9.55 Å². The molecule has 0 fully saturated rings. The van der Waals surface area contributed by atoms with E-state index < -0.39 is 0 Å². The summed E-state index contributed by atoms with van der Waals surface area (Å²) in [6.07, 6.45) is 1.81. The number of hydrogen-bond acceptors (Lipinski definition) is 3. The maximum Gasteiger partial charge on any atom is 0.159 e. The molecule has 0 N–H and O–H groups in total. The summed E-state index contributed by atoms with van der Waals surface area (Å²) in [7, 11) is 0. The van der Waals surface area contributed by atoms with Crippen molar-refractivity contribution in [3.63, 3.8) is 0 Å². The predicted molar refractivity (Wildman–Crippen MR) is 159 cm³/mol. The van der Waals surface area contributed by atoms with Crippen LogP contribution in [0.4, 0.5) is 0 Å². The van der Waals surface area contributed by atoms with Gasteiger partial charge in [-0.1, -0.05) is 78.9 Å². The average molecular weight is 501 g/mol. The molecule has 9 aromatic rings. The summed E-state index contributed by atoms with van der Waals surface area (Å²) < 4.78 is 15.5. The number of hydrogen-bond donors (Lipinski definition) is 0. The van der Waals surface area contributed by atoms with Gasteiger partial charge in [0.05, 0.1) is 16.7 Å². The first-order valence-electron chi connectivity index (χ1n) is 13.1. The van der Waals surface area contributed by atoms with E-state index in [4.69, 9.17) is 8.83 Å². The lowest BCUT2D eigenvalue weighted by molar-refractivity contribution is 0.663. The molecule has 0 atom stereocenters. The van der Waals surface area contributed by atoms with Crippen LogP contribution in [0.1, 0.15) is 0 Å². The van der Waals surface area contributed by atoms with Gasteiger partial charge in [0.1, 0.15) is 16.7 Å². The summed E-state index contributed by atoms with van der Waals surface area (Å²) in [6.45, 7) is 0. The van der Waals surface area contributed by atoms with Crippen molar-refractivity contribution in [2.24, 2.45) is 0 Å². The van der Waals surface area contributed by atoms with Crippen molar-refractivity contribution >= 4 is 65.8 Å². The lowest BCUT2D eigenvalue weighted by Crippen LogP contribution is -1.93. The molecule has 4 heteroatoms. The molecule has 0 spiro atoms. The molecule has 182 valence electrons. The monoisotopic (exact) mass is 500 g/mol. The van der Waals surface area contributed by atoms with Crippen LogP contribution in [0.25, 0.3) is 82.6 Å². The van der Waals surface area contributed by atoms with Gasteiger partial charge in [-0.3, -0.25) is 4.98 Å². The number of benzene rings is 5. The highest BCUT2D eigenvalue weighted by atomic mass is 16.3. The van der Waals surface area contributed by atoms with Crippen LogP contribution in [-0.2, 0) is 0 Å². The third-order valence-corrected chi connectivity index (χ3v) is 7.87. The molecule has 39 heavy (non-hydrogen) atoms. The molecule has 0 amide bonds. The molecule has 4 aromatic heterocycles. The largest absolute Gasteiger partial charge is 0.454 e. The van der Waals surface area contributed by atoms with E-state index in [1.165, 1.54) is 10.8 Å². The molecular formula is C35H20N2O2. The van der Waals surface area contributed by atoms with Gasteiger partial charge in [-0.25, -0.2) is 0 Å². The van der Waals surface area contributed by atoms with E-state index in [2.05, 4.69) is 113 Å². The third-order valence-electron chi connectivity index (χ3n) is 7.87. The highest BCUT2D eigenvalue weighted by Gasteiger charge is 2.20. The van der Waals surface area contributed by atoms with E-state index in [0.29, 0.717) is 0 Å². The molecule has 0 unspecified atom stereocenters. The van der Waals surface area contributed by atoms with E-state index in [-0.39, 0.29) is 0 Å². The van der Waals surface area contributed by atoms with Gasteiger partial charge in [-0.2, -0.15) is 0 Å². The number of aromatic nitrogens is 2. The predicted octanol–water partition coefficient (Wildman–Crippen LogP) is 9.64. The first-order chi connectivity index (χ1) is 19.4. The summed E-state index contributed by atoms with van der Waals surface area (Å²) in [5.74, 6) is 0. The Balaban J connectivity index is 1.38.